The van der Waals surface area contributed by atoms with Crippen LogP contribution in [0.25, 0.3) is 0 Å². The van der Waals surface area contributed by atoms with Gasteiger partial charge >= 0.3 is 17.9 Å². The number of carbonyl (C=O) groups is 3. The van der Waals surface area contributed by atoms with Crippen molar-refractivity contribution in [3.63, 3.8) is 0 Å². The van der Waals surface area contributed by atoms with Gasteiger partial charge in [0.15, 0.2) is 6.29 Å². The molecular formula is C29H37N3O10. The Kier molecular flexibility index (Phi) is 14.5. The summed E-state index contributed by atoms with van der Waals surface area (Å²) in [6.45, 7) is 1.48. The normalized spacial score (nSPS) is 11.0. The van der Waals surface area contributed by atoms with Gasteiger partial charge in [-0.25, -0.2) is 14.4 Å². The van der Waals surface area contributed by atoms with E-state index in [-0.39, 0.29) is 36.0 Å². The highest BCUT2D eigenvalue weighted by Crippen LogP contribution is 2.24. The number of benzene rings is 3. The number of nitrogen functional groups attached to an aromatic ring is 3. The summed E-state index contributed by atoms with van der Waals surface area (Å²) in [6.07, 6.45) is -1.34. The van der Waals surface area contributed by atoms with E-state index in [0.29, 0.717) is 34.6 Å². The minimum atomic E-state index is -1.44. The maximum Gasteiger partial charge on any atom is 0.335 e. The largest absolute Gasteiger partial charge is 0.478 e. The van der Waals surface area contributed by atoms with Gasteiger partial charge in [0.2, 0.25) is 0 Å². The van der Waals surface area contributed by atoms with Gasteiger partial charge in [0, 0.05) is 29.9 Å². The van der Waals surface area contributed by atoms with Crippen LogP contribution in [0.1, 0.15) is 61.1 Å². The summed E-state index contributed by atoms with van der Waals surface area (Å²) in [4.78, 5) is 32.2. The lowest BCUT2D eigenvalue weighted by molar-refractivity contribution is -0.0447. The molecule has 0 heterocycles. The number of aliphatic hydroxyl groups is 4. The van der Waals surface area contributed by atoms with Crippen molar-refractivity contribution in [1.82, 2.24) is 0 Å². The molecule has 0 bridgehead atoms. The SMILES string of the molecule is CCc1c(N)ccc(C(=O)O)c1CCC(O)O.Nc1ccc(C(=O)O)c(CC(O)CO)c1.Nc1ccc(C(=O)O)cc1. The number of carboxylic acids is 3. The van der Waals surface area contributed by atoms with Crippen molar-refractivity contribution < 1.29 is 50.1 Å². The van der Waals surface area contributed by atoms with Crippen molar-refractivity contribution in [1.29, 1.82) is 0 Å². The molecule has 0 saturated heterocycles. The van der Waals surface area contributed by atoms with Crippen molar-refractivity contribution in [2.24, 2.45) is 0 Å². The van der Waals surface area contributed by atoms with Crippen molar-refractivity contribution in [3.05, 3.63) is 88.0 Å². The molecule has 0 aliphatic heterocycles. The molecule has 0 amide bonds. The first-order chi connectivity index (χ1) is 19.7. The van der Waals surface area contributed by atoms with Crippen molar-refractivity contribution >= 4 is 35.0 Å². The van der Waals surface area contributed by atoms with E-state index in [1.807, 2.05) is 6.92 Å². The summed E-state index contributed by atoms with van der Waals surface area (Å²) < 4.78 is 0. The molecule has 13 nitrogen and oxygen atoms in total. The van der Waals surface area contributed by atoms with Crippen LogP contribution in [-0.4, -0.2) is 72.7 Å². The summed E-state index contributed by atoms with van der Waals surface area (Å²) in [6, 6.07) is 13.4. The fourth-order valence-corrected chi connectivity index (χ4v) is 3.82. The van der Waals surface area contributed by atoms with Crippen LogP contribution in [0.15, 0.2) is 54.6 Å². The van der Waals surface area contributed by atoms with Crippen LogP contribution in [0.2, 0.25) is 0 Å². The Morgan fingerprint density at radius 3 is 1.76 bits per heavy atom. The number of carboxylic acid groups (broad SMARTS) is 3. The Morgan fingerprint density at radius 2 is 1.29 bits per heavy atom. The fraction of sp³-hybridized carbons (Fsp3) is 0.276. The summed E-state index contributed by atoms with van der Waals surface area (Å²) in [5.41, 5.74) is 20.5. The highest BCUT2D eigenvalue weighted by molar-refractivity contribution is 5.91. The molecule has 228 valence electrons. The van der Waals surface area contributed by atoms with Gasteiger partial charge in [-0.05, 0) is 84.1 Å². The third kappa shape index (κ3) is 11.4. The van der Waals surface area contributed by atoms with E-state index in [1.165, 1.54) is 36.4 Å². The van der Waals surface area contributed by atoms with Crippen LogP contribution in [-0.2, 0) is 19.3 Å². The number of anilines is 3. The van der Waals surface area contributed by atoms with Gasteiger partial charge in [-0.2, -0.15) is 0 Å². The summed E-state index contributed by atoms with van der Waals surface area (Å²) >= 11 is 0. The number of aromatic carboxylic acids is 3. The van der Waals surface area contributed by atoms with Crippen molar-refractivity contribution in [2.75, 3.05) is 23.8 Å². The summed E-state index contributed by atoms with van der Waals surface area (Å²) in [5.74, 6) is -3.03. The lowest BCUT2D eigenvalue weighted by atomic mass is 9.94. The van der Waals surface area contributed by atoms with Crippen LogP contribution >= 0.6 is 0 Å². The zero-order chi connectivity index (χ0) is 32.0. The average Bonchev–Trinajstić information content (AvgIpc) is 2.92. The van der Waals surface area contributed by atoms with E-state index >= 15 is 0 Å². The Bertz CT molecular complexity index is 1340. The van der Waals surface area contributed by atoms with Crippen molar-refractivity contribution in [2.45, 2.75) is 45.0 Å². The second-order valence-corrected chi connectivity index (χ2v) is 9.03. The predicted molar refractivity (Wildman–Crippen MR) is 156 cm³/mol. The molecule has 0 spiro atoms. The van der Waals surface area contributed by atoms with E-state index < -0.39 is 36.9 Å². The summed E-state index contributed by atoms with van der Waals surface area (Å²) in [5, 5.41) is 62.0. The maximum absolute atomic E-state index is 11.1. The number of rotatable bonds is 10. The van der Waals surface area contributed by atoms with E-state index in [0.717, 1.165) is 5.56 Å². The van der Waals surface area contributed by atoms with Gasteiger partial charge in [-0.3, -0.25) is 0 Å². The van der Waals surface area contributed by atoms with Crippen molar-refractivity contribution in [3.8, 4) is 0 Å². The van der Waals surface area contributed by atoms with Gasteiger partial charge in [0.1, 0.15) is 0 Å². The molecule has 3 rings (SSSR count). The molecule has 3 aromatic rings. The lowest BCUT2D eigenvalue weighted by Gasteiger charge is -2.14. The minimum Gasteiger partial charge on any atom is -0.478 e. The number of aliphatic hydroxyl groups excluding tert-OH is 3. The Balaban J connectivity index is 0.000000325. The Morgan fingerprint density at radius 1 is 0.738 bits per heavy atom. The molecular weight excluding hydrogens is 550 g/mol. The number of nitrogens with two attached hydrogens (primary N) is 3. The van der Waals surface area contributed by atoms with Gasteiger partial charge in [0.25, 0.3) is 0 Å². The molecule has 0 aliphatic carbocycles. The third-order valence-corrected chi connectivity index (χ3v) is 5.89. The monoisotopic (exact) mass is 587 g/mol. The quantitative estimate of drug-likeness (QED) is 0.119. The van der Waals surface area contributed by atoms with Gasteiger partial charge < -0.3 is 52.9 Å². The molecule has 0 aliphatic rings. The van der Waals surface area contributed by atoms with E-state index in [9.17, 15) is 19.5 Å². The highest BCUT2D eigenvalue weighted by Gasteiger charge is 2.16. The molecule has 0 aromatic heterocycles. The molecule has 13 N–H and O–H groups in total. The second kappa shape index (κ2) is 17.2. The minimum absolute atomic E-state index is 0.0726. The second-order valence-electron chi connectivity index (χ2n) is 9.03. The molecule has 42 heavy (non-hydrogen) atoms. The van der Waals surface area contributed by atoms with Gasteiger partial charge in [-0.15, -0.1) is 0 Å². The first-order valence-corrected chi connectivity index (χ1v) is 12.7. The Labute approximate surface area is 242 Å². The standard InChI is InChI=1S/C12H17NO4.C10H13NO4.C7H7NO2/c1-2-7-8(4-6-11(14)15)9(12(16)17)3-5-10(7)13;11-7-1-2-9(10(14)15)6(3-7)4-8(13)5-12;8-6-3-1-5(2-4-6)7(9)10/h3,5,11,14-15H,2,4,6,13H2,1H3,(H,16,17);1-3,8,12-13H,4-5,11H2,(H,14,15);1-4H,8H2,(H,9,10). The topological polar surface area (TPSA) is 271 Å². The highest BCUT2D eigenvalue weighted by atomic mass is 16.5. The molecule has 0 fully saturated rings. The van der Waals surface area contributed by atoms with Gasteiger partial charge in [-0.1, -0.05) is 6.92 Å². The van der Waals surface area contributed by atoms with E-state index in [2.05, 4.69) is 0 Å². The van der Waals surface area contributed by atoms with Crippen LogP contribution in [0, 0.1) is 0 Å². The molecule has 3 aromatic carbocycles. The van der Waals surface area contributed by atoms with Crippen LogP contribution in [0.3, 0.4) is 0 Å². The zero-order valence-corrected chi connectivity index (χ0v) is 23.0. The zero-order valence-electron chi connectivity index (χ0n) is 23.0. The lowest BCUT2D eigenvalue weighted by Crippen LogP contribution is -2.17. The van der Waals surface area contributed by atoms with E-state index in [4.69, 9.17) is 47.8 Å². The molecule has 0 radical (unpaired) electrons. The fourth-order valence-electron chi connectivity index (χ4n) is 3.82. The third-order valence-electron chi connectivity index (χ3n) is 5.89. The first-order valence-electron chi connectivity index (χ1n) is 12.7. The van der Waals surface area contributed by atoms with Crippen LogP contribution < -0.4 is 17.2 Å². The molecule has 1 unspecified atom stereocenters. The Hall–Kier alpha value is -4.69. The number of hydrogen-bond donors (Lipinski definition) is 10. The predicted octanol–water partition coefficient (Wildman–Crippen LogP) is 1.60. The van der Waals surface area contributed by atoms with Gasteiger partial charge in [0.05, 0.1) is 29.4 Å². The van der Waals surface area contributed by atoms with Crippen LogP contribution in [0.4, 0.5) is 17.1 Å². The molecule has 0 saturated carbocycles. The number of hydrogen-bond acceptors (Lipinski definition) is 10. The molecule has 1 atom stereocenters. The molecule has 13 heteroatoms. The first kappa shape index (κ1) is 35.3. The van der Waals surface area contributed by atoms with E-state index in [1.54, 1.807) is 18.2 Å². The smallest absolute Gasteiger partial charge is 0.335 e. The maximum atomic E-state index is 11.1. The van der Waals surface area contributed by atoms with Crippen LogP contribution in [0.5, 0.6) is 0 Å². The summed E-state index contributed by atoms with van der Waals surface area (Å²) in [7, 11) is 0. The average molecular weight is 588 g/mol.